The molecule has 0 bridgehead atoms. The summed E-state index contributed by atoms with van der Waals surface area (Å²) in [5.74, 6) is -2.51. The molecule has 0 heterocycles. The summed E-state index contributed by atoms with van der Waals surface area (Å²) < 4.78 is 0. The summed E-state index contributed by atoms with van der Waals surface area (Å²) in [4.78, 5) is 19.1. The van der Waals surface area contributed by atoms with Crippen LogP contribution in [-0.2, 0) is 15.0 Å². The Bertz CT molecular complexity index is 773. The van der Waals surface area contributed by atoms with Crippen LogP contribution in [0.3, 0.4) is 0 Å². The van der Waals surface area contributed by atoms with Crippen molar-refractivity contribution in [1.29, 1.82) is 0 Å². The number of carboxylic acids is 2. The van der Waals surface area contributed by atoms with Crippen LogP contribution in [0, 0.1) is 0 Å². The van der Waals surface area contributed by atoms with Gasteiger partial charge in [0.2, 0.25) is 0 Å². The van der Waals surface area contributed by atoms with E-state index in [2.05, 4.69) is 78.1 Å². The van der Waals surface area contributed by atoms with Gasteiger partial charge in [0, 0.05) is 23.6 Å². The van der Waals surface area contributed by atoms with Crippen molar-refractivity contribution in [2.24, 2.45) is 0 Å². The van der Waals surface area contributed by atoms with Gasteiger partial charge in [0.15, 0.2) is 0 Å². The Kier molecular flexibility index (Phi) is 7.72. The molecule has 5 nitrogen and oxygen atoms in total. The summed E-state index contributed by atoms with van der Waals surface area (Å²) in [6.07, 6.45) is 7.91. The number of hydrogen-bond acceptors (Lipinski definition) is 3. The largest absolute Gasteiger partial charge is 0.478 e. The molecule has 3 rings (SSSR count). The van der Waals surface area contributed by atoms with Crippen LogP contribution in [0.2, 0.25) is 0 Å². The monoisotopic (exact) mass is 379 g/mol. The Balaban J connectivity index is 0.000000300. The SMILES string of the molecule is CNC1C=CCC(c2ccccc2)(c2ccccc2)C1.O=C(O)/C=C/C(=O)O. The molecular formula is C23H25NO4. The Labute approximate surface area is 165 Å². The molecule has 0 aromatic heterocycles. The molecular weight excluding hydrogens is 354 g/mol. The quantitative estimate of drug-likeness (QED) is 0.546. The highest BCUT2D eigenvalue weighted by atomic mass is 16.4. The van der Waals surface area contributed by atoms with E-state index in [1.165, 1.54) is 11.1 Å². The third kappa shape index (κ3) is 5.66. The highest BCUT2D eigenvalue weighted by molar-refractivity contribution is 5.89. The maximum atomic E-state index is 9.55. The second-order valence-electron chi connectivity index (χ2n) is 6.56. The van der Waals surface area contributed by atoms with Crippen LogP contribution >= 0.6 is 0 Å². The minimum atomic E-state index is -1.26. The first-order valence-corrected chi connectivity index (χ1v) is 9.07. The Morgan fingerprint density at radius 1 is 0.929 bits per heavy atom. The van der Waals surface area contributed by atoms with Crippen LogP contribution in [0.5, 0.6) is 0 Å². The predicted molar refractivity (Wildman–Crippen MR) is 109 cm³/mol. The number of benzene rings is 2. The van der Waals surface area contributed by atoms with Crippen LogP contribution in [-0.4, -0.2) is 35.2 Å². The Morgan fingerprint density at radius 2 is 1.39 bits per heavy atom. The molecule has 0 saturated heterocycles. The molecule has 0 radical (unpaired) electrons. The van der Waals surface area contributed by atoms with E-state index in [-0.39, 0.29) is 5.41 Å². The van der Waals surface area contributed by atoms with Gasteiger partial charge >= 0.3 is 11.9 Å². The van der Waals surface area contributed by atoms with Crippen molar-refractivity contribution in [2.45, 2.75) is 24.3 Å². The molecule has 146 valence electrons. The third-order valence-electron chi connectivity index (χ3n) is 4.80. The second-order valence-corrected chi connectivity index (χ2v) is 6.56. The van der Waals surface area contributed by atoms with Crippen LogP contribution in [0.1, 0.15) is 24.0 Å². The van der Waals surface area contributed by atoms with Gasteiger partial charge in [-0.3, -0.25) is 0 Å². The normalized spacial score (nSPS) is 17.5. The molecule has 2 aromatic rings. The van der Waals surface area contributed by atoms with Gasteiger partial charge < -0.3 is 15.5 Å². The highest BCUT2D eigenvalue weighted by Gasteiger charge is 2.36. The van der Waals surface area contributed by atoms with Crippen LogP contribution < -0.4 is 5.32 Å². The number of hydrogen-bond donors (Lipinski definition) is 3. The smallest absolute Gasteiger partial charge is 0.328 e. The first kappa shape index (κ1) is 21.1. The van der Waals surface area contributed by atoms with Gasteiger partial charge in [-0.2, -0.15) is 0 Å². The fourth-order valence-electron chi connectivity index (χ4n) is 3.45. The van der Waals surface area contributed by atoms with Crippen LogP contribution in [0.25, 0.3) is 0 Å². The van der Waals surface area contributed by atoms with E-state index in [4.69, 9.17) is 10.2 Å². The number of aliphatic carboxylic acids is 2. The first-order chi connectivity index (χ1) is 13.5. The summed E-state index contributed by atoms with van der Waals surface area (Å²) in [5, 5.41) is 19.0. The molecule has 0 aliphatic heterocycles. The van der Waals surface area contributed by atoms with E-state index in [0.29, 0.717) is 18.2 Å². The molecule has 3 N–H and O–H groups in total. The topological polar surface area (TPSA) is 86.6 Å². The zero-order valence-corrected chi connectivity index (χ0v) is 15.8. The van der Waals surface area contributed by atoms with Crippen molar-refractivity contribution in [3.8, 4) is 0 Å². The van der Waals surface area contributed by atoms with Gasteiger partial charge in [0.05, 0.1) is 0 Å². The second kappa shape index (κ2) is 10.2. The molecule has 0 amide bonds. The van der Waals surface area contributed by atoms with E-state index < -0.39 is 11.9 Å². The lowest BCUT2D eigenvalue weighted by Crippen LogP contribution is -2.39. The summed E-state index contributed by atoms with van der Waals surface area (Å²) in [5.41, 5.74) is 2.91. The third-order valence-corrected chi connectivity index (χ3v) is 4.80. The van der Waals surface area contributed by atoms with Gasteiger partial charge in [-0.25, -0.2) is 9.59 Å². The van der Waals surface area contributed by atoms with Crippen molar-refractivity contribution in [2.75, 3.05) is 7.05 Å². The minimum Gasteiger partial charge on any atom is -0.478 e. The van der Waals surface area contributed by atoms with E-state index in [9.17, 15) is 9.59 Å². The van der Waals surface area contributed by atoms with E-state index in [0.717, 1.165) is 12.8 Å². The van der Waals surface area contributed by atoms with Crippen molar-refractivity contribution in [1.82, 2.24) is 5.32 Å². The lowest BCUT2D eigenvalue weighted by molar-refractivity contribution is -0.134. The molecule has 0 spiro atoms. The standard InChI is InChI=1S/C19H21N.C4H4O4/c1-20-18-13-8-14-19(15-18,16-9-4-2-5-10-16)17-11-6-3-7-12-17;5-3(6)1-2-4(7)8/h2-13,18,20H,14-15H2,1H3;1-2H,(H,5,6)(H,7,8)/b;2-1+. The van der Waals surface area contributed by atoms with Crippen LogP contribution in [0.4, 0.5) is 0 Å². The van der Waals surface area contributed by atoms with Gasteiger partial charge in [-0.1, -0.05) is 72.8 Å². The molecule has 2 aromatic carbocycles. The molecule has 1 aliphatic rings. The zero-order valence-electron chi connectivity index (χ0n) is 15.8. The number of likely N-dealkylation sites (N-methyl/N-ethyl adjacent to an activating group) is 1. The maximum absolute atomic E-state index is 9.55. The Hall–Kier alpha value is -3.18. The number of allylic oxidation sites excluding steroid dienone is 1. The lowest BCUT2D eigenvalue weighted by atomic mass is 9.66. The molecule has 0 fully saturated rings. The summed E-state index contributed by atoms with van der Waals surface area (Å²) >= 11 is 0. The average Bonchev–Trinajstić information content (AvgIpc) is 2.74. The lowest BCUT2D eigenvalue weighted by Gasteiger charge is -2.39. The van der Waals surface area contributed by atoms with Crippen LogP contribution in [0.15, 0.2) is 85.0 Å². The number of carbonyl (C=O) groups is 2. The van der Waals surface area contributed by atoms with Crippen molar-refractivity contribution in [3.05, 3.63) is 96.1 Å². The molecule has 28 heavy (non-hydrogen) atoms. The van der Waals surface area contributed by atoms with Gasteiger partial charge in [0.1, 0.15) is 0 Å². The van der Waals surface area contributed by atoms with Crippen molar-refractivity contribution < 1.29 is 19.8 Å². The van der Waals surface area contributed by atoms with E-state index >= 15 is 0 Å². The first-order valence-electron chi connectivity index (χ1n) is 9.07. The number of nitrogens with one attached hydrogen (secondary N) is 1. The van der Waals surface area contributed by atoms with Gasteiger partial charge in [-0.05, 0) is 31.0 Å². The minimum absolute atomic E-state index is 0.0882. The van der Waals surface area contributed by atoms with Gasteiger partial charge in [-0.15, -0.1) is 0 Å². The van der Waals surface area contributed by atoms with Crippen molar-refractivity contribution >= 4 is 11.9 Å². The molecule has 1 aliphatic carbocycles. The average molecular weight is 379 g/mol. The van der Waals surface area contributed by atoms with Crippen molar-refractivity contribution in [3.63, 3.8) is 0 Å². The number of carboxylic acid groups (broad SMARTS) is 2. The van der Waals surface area contributed by atoms with E-state index in [1.807, 2.05) is 7.05 Å². The maximum Gasteiger partial charge on any atom is 0.328 e. The fraction of sp³-hybridized carbons (Fsp3) is 0.217. The molecule has 1 atom stereocenters. The summed E-state index contributed by atoms with van der Waals surface area (Å²) in [7, 11) is 2.04. The van der Waals surface area contributed by atoms with E-state index in [1.54, 1.807) is 0 Å². The molecule has 0 saturated carbocycles. The van der Waals surface area contributed by atoms with Gasteiger partial charge in [0.25, 0.3) is 0 Å². The molecule has 1 unspecified atom stereocenters. The summed E-state index contributed by atoms with van der Waals surface area (Å²) in [6, 6.07) is 22.3. The highest BCUT2D eigenvalue weighted by Crippen LogP contribution is 2.42. The number of rotatable bonds is 5. The molecule has 5 heteroatoms. The summed E-state index contributed by atoms with van der Waals surface area (Å²) in [6.45, 7) is 0. The fourth-order valence-corrected chi connectivity index (χ4v) is 3.45. The predicted octanol–water partition coefficient (Wildman–Crippen LogP) is 3.62. The zero-order chi connectivity index (χ0) is 20.4. The Morgan fingerprint density at radius 3 is 1.79 bits per heavy atom.